The summed E-state index contributed by atoms with van der Waals surface area (Å²) in [5.74, 6) is -0.744. The Morgan fingerprint density at radius 1 is 1.46 bits per heavy atom. The molecule has 6 nitrogen and oxygen atoms in total. The van der Waals surface area contributed by atoms with Crippen molar-refractivity contribution >= 4 is 15.9 Å². The van der Waals surface area contributed by atoms with Gasteiger partial charge in [-0.1, -0.05) is 13.0 Å². The summed E-state index contributed by atoms with van der Waals surface area (Å²) in [6.45, 7) is 3.39. The van der Waals surface area contributed by atoms with Crippen LogP contribution in [0.3, 0.4) is 0 Å². The molecule has 0 bridgehead atoms. The minimum Gasteiger partial charge on any atom is -0.341 e. The van der Waals surface area contributed by atoms with Gasteiger partial charge >= 0.3 is 0 Å². The number of nitrogens with one attached hydrogen (secondary N) is 2. The molecule has 1 saturated heterocycles. The van der Waals surface area contributed by atoms with Crippen LogP contribution in [-0.4, -0.2) is 51.9 Å². The molecule has 134 valence electrons. The Balaban J connectivity index is 2.03. The topological polar surface area (TPSA) is 78.5 Å². The van der Waals surface area contributed by atoms with Crippen molar-refractivity contribution in [1.29, 1.82) is 0 Å². The molecule has 1 aromatic carbocycles. The zero-order valence-corrected chi connectivity index (χ0v) is 14.8. The zero-order valence-electron chi connectivity index (χ0n) is 14.0. The summed E-state index contributed by atoms with van der Waals surface area (Å²) in [7, 11) is -2.01. The van der Waals surface area contributed by atoms with Crippen molar-refractivity contribution in [2.75, 3.05) is 26.7 Å². The molecule has 0 saturated carbocycles. The highest BCUT2D eigenvalue weighted by atomic mass is 32.2. The van der Waals surface area contributed by atoms with Crippen molar-refractivity contribution in [2.24, 2.45) is 5.92 Å². The lowest BCUT2D eigenvalue weighted by molar-refractivity contribution is -0.136. The van der Waals surface area contributed by atoms with E-state index in [0.717, 1.165) is 12.5 Å². The van der Waals surface area contributed by atoms with Crippen LogP contribution in [0.25, 0.3) is 0 Å². The molecule has 1 aliphatic rings. The second kappa shape index (κ2) is 8.04. The van der Waals surface area contributed by atoms with Crippen molar-refractivity contribution < 1.29 is 17.6 Å². The monoisotopic (exact) mass is 357 g/mol. The molecule has 2 rings (SSSR count). The summed E-state index contributed by atoms with van der Waals surface area (Å²) in [5.41, 5.74) is 0. The Bertz CT molecular complexity index is 681. The third-order valence-electron chi connectivity index (χ3n) is 4.09. The number of halogens is 1. The summed E-state index contributed by atoms with van der Waals surface area (Å²) in [5, 5.41) is 2.97. The smallest absolute Gasteiger partial charge is 0.240 e. The van der Waals surface area contributed by atoms with Gasteiger partial charge in [-0.3, -0.25) is 4.79 Å². The number of carbonyl (C=O) groups is 1. The Morgan fingerprint density at radius 2 is 2.21 bits per heavy atom. The van der Waals surface area contributed by atoms with E-state index < -0.39 is 15.8 Å². The molecule has 0 spiro atoms. The van der Waals surface area contributed by atoms with E-state index >= 15 is 0 Å². The maximum absolute atomic E-state index is 13.3. The second-order valence-corrected chi connectivity index (χ2v) is 7.87. The van der Waals surface area contributed by atoms with Crippen LogP contribution in [-0.2, 0) is 14.8 Å². The second-order valence-electron chi connectivity index (χ2n) is 6.16. The van der Waals surface area contributed by atoms with Crippen molar-refractivity contribution in [3.05, 3.63) is 30.1 Å². The highest BCUT2D eigenvalue weighted by Gasteiger charge is 2.29. The van der Waals surface area contributed by atoms with Crippen molar-refractivity contribution in [1.82, 2.24) is 14.9 Å². The number of sulfonamides is 1. The fourth-order valence-electron chi connectivity index (χ4n) is 2.90. The molecular formula is C16H24FN3O3S. The number of hydrogen-bond donors (Lipinski definition) is 2. The molecule has 0 radical (unpaired) electrons. The normalized spacial score (nSPS) is 20.0. The molecule has 2 N–H and O–H groups in total. The maximum Gasteiger partial charge on any atom is 0.240 e. The molecule has 2 atom stereocenters. The highest BCUT2D eigenvalue weighted by Crippen LogP contribution is 2.17. The third kappa shape index (κ3) is 4.75. The van der Waals surface area contributed by atoms with E-state index in [0.29, 0.717) is 26.1 Å². The SMILES string of the molecule is CNCC(C)C(=O)N1CCCC(NS(=O)(=O)c2cccc(F)c2)C1. The third-order valence-corrected chi connectivity index (χ3v) is 5.61. The highest BCUT2D eigenvalue weighted by molar-refractivity contribution is 7.89. The first kappa shape index (κ1) is 18.8. The first-order chi connectivity index (χ1) is 11.3. The predicted octanol–water partition coefficient (Wildman–Crippen LogP) is 0.950. The van der Waals surface area contributed by atoms with E-state index in [2.05, 4.69) is 10.0 Å². The quantitative estimate of drug-likeness (QED) is 0.795. The number of likely N-dealkylation sites (tertiary alicyclic amines) is 1. The van der Waals surface area contributed by atoms with Crippen molar-refractivity contribution in [3.8, 4) is 0 Å². The average Bonchev–Trinajstić information content (AvgIpc) is 2.54. The molecule has 1 amide bonds. The molecule has 2 unspecified atom stereocenters. The number of amides is 1. The molecule has 1 aliphatic heterocycles. The summed E-state index contributed by atoms with van der Waals surface area (Å²) >= 11 is 0. The van der Waals surface area contributed by atoms with Crippen LogP contribution >= 0.6 is 0 Å². The molecular weight excluding hydrogens is 333 g/mol. The van der Waals surface area contributed by atoms with Crippen molar-refractivity contribution in [3.63, 3.8) is 0 Å². The van der Waals surface area contributed by atoms with Crippen LogP contribution in [0, 0.1) is 11.7 Å². The Labute approximate surface area is 142 Å². The minimum absolute atomic E-state index is 0.0130. The predicted molar refractivity (Wildman–Crippen MR) is 89.4 cm³/mol. The van der Waals surface area contributed by atoms with Crippen LogP contribution in [0.2, 0.25) is 0 Å². The van der Waals surface area contributed by atoms with Crippen molar-refractivity contribution in [2.45, 2.75) is 30.7 Å². The van der Waals surface area contributed by atoms with E-state index in [9.17, 15) is 17.6 Å². The summed E-state index contributed by atoms with van der Waals surface area (Å²) in [6, 6.07) is 4.54. The molecule has 0 aromatic heterocycles. The minimum atomic E-state index is -3.80. The van der Waals surface area contributed by atoms with Gasteiger partial charge in [0.15, 0.2) is 0 Å². The molecule has 8 heteroatoms. The first-order valence-electron chi connectivity index (χ1n) is 8.05. The number of hydrogen-bond acceptors (Lipinski definition) is 4. The summed E-state index contributed by atoms with van der Waals surface area (Å²) < 4.78 is 40.6. The summed E-state index contributed by atoms with van der Waals surface area (Å²) in [4.78, 5) is 14.0. The molecule has 1 fully saturated rings. The van der Waals surface area contributed by atoms with Gasteiger partial charge in [0, 0.05) is 31.6 Å². The molecule has 1 aromatic rings. The molecule has 0 aliphatic carbocycles. The Kier molecular flexibility index (Phi) is 6.31. The van der Waals surface area contributed by atoms with Crippen LogP contribution < -0.4 is 10.0 Å². The lowest BCUT2D eigenvalue weighted by atomic mass is 10.0. The van der Waals surface area contributed by atoms with Gasteiger partial charge in [-0.15, -0.1) is 0 Å². The standard InChI is InChI=1S/C16H24FN3O3S/c1-12(10-18-2)16(21)20-8-4-6-14(11-20)19-24(22,23)15-7-3-5-13(17)9-15/h3,5,7,9,12,14,18-19H,4,6,8,10-11H2,1-2H3. The maximum atomic E-state index is 13.3. The lowest BCUT2D eigenvalue weighted by Crippen LogP contribution is -2.51. The van der Waals surface area contributed by atoms with Gasteiger partial charge in [0.2, 0.25) is 15.9 Å². The van der Waals surface area contributed by atoms with E-state index in [1.807, 2.05) is 6.92 Å². The van der Waals surface area contributed by atoms with Gasteiger partial charge in [-0.25, -0.2) is 17.5 Å². The Morgan fingerprint density at radius 3 is 2.88 bits per heavy atom. The number of piperidine rings is 1. The van der Waals surface area contributed by atoms with Gasteiger partial charge in [-0.05, 0) is 38.1 Å². The van der Waals surface area contributed by atoms with E-state index in [1.165, 1.54) is 18.2 Å². The molecule has 24 heavy (non-hydrogen) atoms. The fourth-order valence-corrected chi connectivity index (χ4v) is 4.19. The molecule has 1 heterocycles. The number of carbonyl (C=O) groups excluding carboxylic acids is 1. The number of nitrogens with zero attached hydrogens (tertiary/aromatic N) is 1. The first-order valence-corrected chi connectivity index (χ1v) is 9.53. The average molecular weight is 357 g/mol. The van der Waals surface area contributed by atoms with Crippen LogP contribution in [0.4, 0.5) is 4.39 Å². The van der Waals surface area contributed by atoms with E-state index in [-0.39, 0.29) is 22.8 Å². The fraction of sp³-hybridized carbons (Fsp3) is 0.562. The van der Waals surface area contributed by atoms with E-state index in [1.54, 1.807) is 11.9 Å². The number of rotatable bonds is 6. The number of benzene rings is 1. The van der Waals surface area contributed by atoms with Gasteiger partial charge in [0.25, 0.3) is 0 Å². The van der Waals surface area contributed by atoms with Gasteiger partial charge in [-0.2, -0.15) is 0 Å². The van der Waals surface area contributed by atoms with Gasteiger partial charge in [0.1, 0.15) is 5.82 Å². The van der Waals surface area contributed by atoms with E-state index in [4.69, 9.17) is 0 Å². The largest absolute Gasteiger partial charge is 0.341 e. The lowest BCUT2D eigenvalue weighted by Gasteiger charge is -2.34. The van der Waals surface area contributed by atoms with Gasteiger partial charge in [0.05, 0.1) is 4.90 Å². The summed E-state index contributed by atoms with van der Waals surface area (Å²) in [6.07, 6.45) is 1.38. The zero-order chi connectivity index (χ0) is 17.7. The van der Waals surface area contributed by atoms with Crippen LogP contribution in [0.15, 0.2) is 29.2 Å². The van der Waals surface area contributed by atoms with Gasteiger partial charge < -0.3 is 10.2 Å². The Hall–Kier alpha value is -1.51. The van der Waals surface area contributed by atoms with Crippen LogP contribution in [0.5, 0.6) is 0 Å². The van der Waals surface area contributed by atoms with Crippen LogP contribution in [0.1, 0.15) is 19.8 Å².